The largest absolute Gasteiger partial charge is 0.378 e. The van der Waals surface area contributed by atoms with Crippen molar-refractivity contribution in [1.29, 1.82) is 0 Å². The van der Waals surface area contributed by atoms with E-state index in [-0.39, 0.29) is 17.3 Å². The predicted octanol–water partition coefficient (Wildman–Crippen LogP) is 1.46. The minimum atomic E-state index is -0.513. The fourth-order valence-electron chi connectivity index (χ4n) is 2.05. The first kappa shape index (κ1) is 16.8. The third kappa shape index (κ3) is 3.40. The first-order chi connectivity index (χ1) is 12.0. The van der Waals surface area contributed by atoms with Gasteiger partial charge in [0.15, 0.2) is 5.69 Å². The number of anilines is 1. The molecule has 2 aromatic heterocycles. The van der Waals surface area contributed by atoms with E-state index in [1.807, 2.05) is 24.3 Å². The summed E-state index contributed by atoms with van der Waals surface area (Å²) in [5.74, 6) is -0.436. The molecule has 0 fully saturated rings. The molecule has 10 nitrogen and oxygen atoms in total. The highest BCUT2D eigenvalue weighted by Crippen LogP contribution is 2.15. The minimum Gasteiger partial charge on any atom is -0.378 e. The van der Waals surface area contributed by atoms with Crippen LogP contribution in [0.25, 0.3) is 5.82 Å². The number of carbonyl (C=O) groups excluding carboxylic acids is 1. The lowest BCUT2D eigenvalue weighted by molar-refractivity contribution is 0.0946. The number of hydrogen-bond donors (Lipinski definition) is 2. The van der Waals surface area contributed by atoms with Crippen LogP contribution in [-0.4, -0.2) is 36.9 Å². The number of aromatic nitrogens is 5. The Hall–Kier alpha value is -3.08. The fourth-order valence-corrected chi connectivity index (χ4v) is 2.31. The molecule has 0 spiro atoms. The number of nitrogens with one attached hydrogen (secondary N) is 1. The summed E-state index contributed by atoms with van der Waals surface area (Å²) in [5.41, 5.74) is 10.2. The van der Waals surface area contributed by atoms with Crippen LogP contribution in [0.5, 0.6) is 0 Å². The van der Waals surface area contributed by atoms with Gasteiger partial charge in [-0.05, 0) is 41.9 Å². The maximum absolute atomic E-state index is 12.5. The quantitative estimate of drug-likeness (QED) is 0.495. The third-order valence-electron chi connectivity index (χ3n) is 3.34. The highest BCUT2D eigenvalue weighted by Gasteiger charge is 2.22. The van der Waals surface area contributed by atoms with E-state index in [0.29, 0.717) is 11.4 Å². The third-order valence-corrected chi connectivity index (χ3v) is 3.87. The molecule has 3 aromatic rings. The van der Waals surface area contributed by atoms with Crippen molar-refractivity contribution in [3.8, 4) is 5.82 Å². The summed E-state index contributed by atoms with van der Waals surface area (Å²) in [4.78, 5) is 12.5. The van der Waals surface area contributed by atoms with E-state index in [2.05, 4.69) is 51.7 Å². The van der Waals surface area contributed by atoms with Crippen molar-refractivity contribution in [2.75, 3.05) is 5.73 Å². The molecule has 0 atom stereocenters. The first-order valence-corrected chi connectivity index (χ1v) is 7.88. The molecule has 0 unspecified atom stereocenters. The van der Waals surface area contributed by atoms with Crippen molar-refractivity contribution < 1.29 is 9.42 Å². The van der Waals surface area contributed by atoms with Gasteiger partial charge in [0, 0.05) is 4.47 Å². The van der Waals surface area contributed by atoms with Gasteiger partial charge in [-0.1, -0.05) is 33.3 Å². The Kier molecular flexibility index (Phi) is 4.57. The van der Waals surface area contributed by atoms with Crippen LogP contribution < -0.4 is 11.2 Å². The molecule has 0 saturated carbocycles. The highest BCUT2D eigenvalue weighted by molar-refractivity contribution is 9.10. The van der Waals surface area contributed by atoms with E-state index < -0.39 is 5.91 Å². The van der Waals surface area contributed by atoms with Crippen LogP contribution in [0.2, 0.25) is 0 Å². The lowest BCUT2D eigenvalue weighted by Gasteiger charge is -2.05. The number of hydrazone groups is 1. The van der Waals surface area contributed by atoms with Crippen molar-refractivity contribution in [3.05, 3.63) is 45.7 Å². The normalized spacial score (nSPS) is 11.6. The highest BCUT2D eigenvalue weighted by atomic mass is 79.9. The van der Waals surface area contributed by atoms with E-state index in [1.54, 1.807) is 13.8 Å². The number of nitrogen functional groups attached to an aromatic ring is 1. The Morgan fingerprint density at radius 2 is 2.04 bits per heavy atom. The van der Waals surface area contributed by atoms with Crippen LogP contribution in [-0.2, 0) is 0 Å². The lowest BCUT2D eigenvalue weighted by Crippen LogP contribution is -2.24. The average Bonchev–Trinajstić information content (AvgIpc) is 3.18. The number of rotatable bonds is 4. The maximum Gasteiger partial charge on any atom is 0.292 e. The smallest absolute Gasteiger partial charge is 0.292 e. The van der Waals surface area contributed by atoms with E-state index in [0.717, 1.165) is 14.7 Å². The molecule has 0 aliphatic carbocycles. The molecule has 1 aromatic carbocycles. The molecule has 25 heavy (non-hydrogen) atoms. The van der Waals surface area contributed by atoms with Crippen molar-refractivity contribution in [2.24, 2.45) is 5.10 Å². The van der Waals surface area contributed by atoms with Gasteiger partial charge in [0.1, 0.15) is 0 Å². The molecule has 1 amide bonds. The van der Waals surface area contributed by atoms with E-state index in [4.69, 9.17) is 5.73 Å². The first-order valence-electron chi connectivity index (χ1n) is 7.08. The van der Waals surface area contributed by atoms with Gasteiger partial charge in [-0.15, -0.1) is 5.10 Å². The zero-order chi connectivity index (χ0) is 18.0. The Morgan fingerprint density at radius 1 is 1.32 bits per heavy atom. The predicted molar refractivity (Wildman–Crippen MR) is 92.2 cm³/mol. The minimum absolute atomic E-state index is 0.00602. The summed E-state index contributed by atoms with van der Waals surface area (Å²) >= 11 is 3.37. The van der Waals surface area contributed by atoms with Gasteiger partial charge in [-0.3, -0.25) is 4.79 Å². The number of aryl methyl sites for hydroxylation is 1. The number of nitrogens with two attached hydrogens (primary N) is 1. The Bertz CT molecular complexity index is 944. The van der Waals surface area contributed by atoms with Gasteiger partial charge >= 0.3 is 0 Å². The van der Waals surface area contributed by atoms with Crippen molar-refractivity contribution >= 4 is 33.4 Å². The van der Waals surface area contributed by atoms with Crippen LogP contribution in [0.4, 0.5) is 5.82 Å². The average molecular weight is 405 g/mol. The van der Waals surface area contributed by atoms with Crippen molar-refractivity contribution in [2.45, 2.75) is 13.8 Å². The van der Waals surface area contributed by atoms with E-state index in [9.17, 15) is 4.79 Å². The molecular formula is C14H13BrN8O2. The number of amides is 1. The van der Waals surface area contributed by atoms with Crippen LogP contribution in [0.1, 0.15) is 28.7 Å². The molecule has 0 bridgehead atoms. The second kappa shape index (κ2) is 6.81. The molecule has 0 aliphatic heterocycles. The summed E-state index contributed by atoms with van der Waals surface area (Å²) in [7, 11) is 0. The Morgan fingerprint density at radius 3 is 2.68 bits per heavy atom. The van der Waals surface area contributed by atoms with Gasteiger partial charge in [0.25, 0.3) is 5.91 Å². The van der Waals surface area contributed by atoms with Crippen LogP contribution in [0.15, 0.2) is 38.5 Å². The monoisotopic (exact) mass is 404 g/mol. The fraction of sp³-hybridized carbons (Fsp3) is 0.143. The standard InChI is InChI=1S/C14H13BrN8O2/c1-7(9-3-5-10(15)6-4-9)17-19-14(24)11-8(2)18-22-23(11)13-12(16)20-25-21-13/h3-6H,1-2H3,(H2,16,20)(H,19,24)/b17-7-. The summed E-state index contributed by atoms with van der Waals surface area (Å²) in [6.07, 6.45) is 0. The molecule has 0 saturated heterocycles. The molecule has 0 radical (unpaired) electrons. The number of halogens is 1. The van der Waals surface area contributed by atoms with Gasteiger partial charge in [-0.25, -0.2) is 10.1 Å². The lowest BCUT2D eigenvalue weighted by atomic mass is 10.1. The van der Waals surface area contributed by atoms with Crippen LogP contribution in [0.3, 0.4) is 0 Å². The Balaban J connectivity index is 1.85. The van der Waals surface area contributed by atoms with Crippen molar-refractivity contribution in [1.82, 2.24) is 30.7 Å². The number of hydrogen-bond acceptors (Lipinski definition) is 8. The van der Waals surface area contributed by atoms with Crippen molar-refractivity contribution in [3.63, 3.8) is 0 Å². The Labute approximate surface area is 150 Å². The zero-order valence-electron chi connectivity index (χ0n) is 13.3. The maximum atomic E-state index is 12.5. The molecule has 2 heterocycles. The van der Waals surface area contributed by atoms with Gasteiger partial charge < -0.3 is 5.73 Å². The summed E-state index contributed by atoms with van der Waals surface area (Å²) in [6, 6.07) is 7.54. The topological polar surface area (TPSA) is 137 Å². The summed E-state index contributed by atoms with van der Waals surface area (Å²) in [6.45, 7) is 3.42. The molecule has 128 valence electrons. The summed E-state index contributed by atoms with van der Waals surface area (Å²) in [5, 5.41) is 18.9. The number of benzene rings is 1. The zero-order valence-corrected chi connectivity index (χ0v) is 14.9. The molecule has 3 N–H and O–H groups in total. The molecular weight excluding hydrogens is 392 g/mol. The molecule has 3 rings (SSSR count). The van der Waals surface area contributed by atoms with Gasteiger partial charge in [0.05, 0.1) is 11.4 Å². The SMILES string of the molecule is C/C(=N/NC(=O)c1c(C)nnn1-c1nonc1N)c1ccc(Br)cc1. The second-order valence-electron chi connectivity index (χ2n) is 5.05. The number of carbonyl (C=O) groups is 1. The van der Waals surface area contributed by atoms with Crippen LogP contribution >= 0.6 is 15.9 Å². The van der Waals surface area contributed by atoms with Gasteiger partial charge in [-0.2, -0.15) is 9.78 Å². The van der Waals surface area contributed by atoms with E-state index >= 15 is 0 Å². The second-order valence-corrected chi connectivity index (χ2v) is 5.97. The van der Waals surface area contributed by atoms with Crippen LogP contribution in [0, 0.1) is 6.92 Å². The molecule has 0 aliphatic rings. The van der Waals surface area contributed by atoms with E-state index in [1.165, 1.54) is 0 Å². The summed E-state index contributed by atoms with van der Waals surface area (Å²) < 4.78 is 6.64. The molecule has 11 heteroatoms. The van der Waals surface area contributed by atoms with Gasteiger partial charge in [0.2, 0.25) is 11.6 Å². The number of nitrogens with zero attached hydrogens (tertiary/aromatic N) is 6.